The van der Waals surface area contributed by atoms with Crippen molar-refractivity contribution in [3.63, 3.8) is 0 Å². The minimum absolute atomic E-state index is 0.00143. The van der Waals surface area contributed by atoms with E-state index in [1.807, 2.05) is 0 Å². The molecule has 26 heavy (non-hydrogen) atoms. The highest BCUT2D eigenvalue weighted by Gasteiger charge is 2.45. The number of halogens is 2. The summed E-state index contributed by atoms with van der Waals surface area (Å²) in [5, 5.41) is 10.2. The van der Waals surface area contributed by atoms with Gasteiger partial charge in [-0.1, -0.05) is 24.3 Å². The van der Waals surface area contributed by atoms with Crippen LogP contribution in [0.1, 0.15) is 36.5 Å². The van der Waals surface area contributed by atoms with Crippen molar-refractivity contribution >= 4 is 0 Å². The van der Waals surface area contributed by atoms with Crippen molar-refractivity contribution in [2.45, 2.75) is 49.7 Å². The zero-order chi connectivity index (χ0) is 18.3. The van der Waals surface area contributed by atoms with Gasteiger partial charge >= 0.3 is 0 Å². The Labute approximate surface area is 152 Å². The highest BCUT2D eigenvalue weighted by molar-refractivity contribution is 5.30. The van der Waals surface area contributed by atoms with Crippen LogP contribution >= 0.6 is 0 Å². The number of fused-ring (bicyclic) bond motifs is 2. The number of aliphatic hydroxyl groups excluding tert-OH is 1. The molecule has 2 heterocycles. The first kappa shape index (κ1) is 17.6. The molecule has 2 aliphatic heterocycles. The fourth-order valence-electron chi connectivity index (χ4n) is 4.33. The van der Waals surface area contributed by atoms with Gasteiger partial charge in [0.05, 0.1) is 12.2 Å². The van der Waals surface area contributed by atoms with Crippen molar-refractivity contribution in [1.82, 2.24) is 4.90 Å². The van der Waals surface area contributed by atoms with Crippen molar-refractivity contribution in [2.75, 3.05) is 7.05 Å². The highest BCUT2D eigenvalue weighted by atomic mass is 19.1. The Morgan fingerprint density at radius 2 is 1.46 bits per heavy atom. The van der Waals surface area contributed by atoms with E-state index in [0.717, 1.165) is 30.4 Å². The van der Waals surface area contributed by atoms with Gasteiger partial charge in [0, 0.05) is 12.1 Å². The van der Waals surface area contributed by atoms with E-state index in [9.17, 15) is 13.9 Å². The number of hydrogen-bond acceptors (Lipinski definition) is 3. The van der Waals surface area contributed by atoms with Crippen LogP contribution in [0.2, 0.25) is 0 Å². The van der Waals surface area contributed by atoms with Crippen molar-refractivity contribution in [3.05, 3.63) is 71.3 Å². The summed E-state index contributed by atoms with van der Waals surface area (Å²) in [6, 6.07) is 12.9. The van der Waals surface area contributed by atoms with E-state index in [1.54, 1.807) is 24.3 Å². The summed E-state index contributed by atoms with van der Waals surface area (Å²) < 4.78 is 33.1. The van der Waals surface area contributed by atoms with Crippen LogP contribution in [0.3, 0.4) is 0 Å². The van der Waals surface area contributed by atoms with Crippen LogP contribution in [-0.2, 0) is 4.74 Å². The zero-order valence-electron chi connectivity index (χ0n) is 14.7. The predicted octanol–water partition coefficient (Wildman–Crippen LogP) is 3.67. The fraction of sp³-hybridized carbons (Fsp3) is 0.429. The van der Waals surface area contributed by atoms with Crippen LogP contribution in [0, 0.1) is 11.6 Å². The summed E-state index contributed by atoms with van der Waals surface area (Å²) in [6.45, 7) is 0. The third-order valence-corrected chi connectivity index (χ3v) is 5.77. The highest BCUT2D eigenvalue weighted by Crippen LogP contribution is 2.39. The molecular weight excluding hydrogens is 336 g/mol. The summed E-state index contributed by atoms with van der Waals surface area (Å²) in [5.41, 5.74) is 1.68. The van der Waals surface area contributed by atoms with E-state index in [-0.39, 0.29) is 36.0 Å². The predicted molar refractivity (Wildman–Crippen MR) is 94.7 cm³/mol. The monoisotopic (exact) mass is 359 g/mol. The molecule has 0 saturated carbocycles. The lowest BCUT2D eigenvalue weighted by atomic mass is 9.97. The molecule has 5 heteroatoms. The minimum atomic E-state index is -0.388. The Morgan fingerprint density at radius 3 is 1.96 bits per heavy atom. The quantitative estimate of drug-likeness (QED) is 0.904. The lowest BCUT2D eigenvalue weighted by molar-refractivity contribution is -0.0495. The number of benzene rings is 2. The Morgan fingerprint density at radius 1 is 0.923 bits per heavy atom. The van der Waals surface area contributed by atoms with Gasteiger partial charge < -0.3 is 9.84 Å². The molecule has 4 rings (SSSR count). The number of nitrogens with zero attached hydrogens (tertiary/aromatic N) is 1. The first-order chi connectivity index (χ1) is 12.5. The third kappa shape index (κ3) is 3.39. The number of likely N-dealkylation sites (N-methyl/N-ethyl adjacent to an activating group) is 1. The molecule has 138 valence electrons. The maximum Gasteiger partial charge on any atom is 0.123 e. The van der Waals surface area contributed by atoms with Crippen LogP contribution in [0.15, 0.2) is 48.5 Å². The Bertz CT molecular complexity index is 704. The standard InChI is InChI=1S/C21H23F2NO2/c1-24-17-10-18(12-19(24)20(25)11-17)26-21(13-2-6-15(22)7-3-13)14-4-8-16(23)9-5-14/h2-9,17-21,25H,10-12H2,1H3/t17-,18-,19+,20+/m0/s1. The molecule has 2 aromatic rings. The average molecular weight is 359 g/mol. The van der Waals surface area contributed by atoms with E-state index < -0.39 is 0 Å². The minimum Gasteiger partial charge on any atom is -0.391 e. The summed E-state index contributed by atoms with van der Waals surface area (Å²) in [6.07, 6.45) is 1.68. The third-order valence-electron chi connectivity index (χ3n) is 5.77. The molecule has 3 nitrogen and oxygen atoms in total. The SMILES string of the molecule is CN1[C@H]2C[C@H](OC(c3ccc(F)cc3)c3ccc(F)cc3)C[C@@H]1[C@H](O)C2. The van der Waals surface area contributed by atoms with Gasteiger partial charge in [-0.05, 0) is 61.7 Å². The van der Waals surface area contributed by atoms with Crippen LogP contribution in [0.4, 0.5) is 8.78 Å². The van der Waals surface area contributed by atoms with Gasteiger partial charge in [-0.3, -0.25) is 4.90 Å². The molecule has 2 fully saturated rings. The molecule has 2 bridgehead atoms. The van der Waals surface area contributed by atoms with E-state index in [1.165, 1.54) is 24.3 Å². The van der Waals surface area contributed by atoms with Crippen LogP contribution in [0.5, 0.6) is 0 Å². The molecule has 2 aromatic carbocycles. The maximum atomic E-state index is 13.3. The van der Waals surface area contributed by atoms with E-state index in [4.69, 9.17) is 4.74 Å². The molecule has 4 atom stereocenters. The molecule has 0 radical (unpaired) electrons. The molecule has 1 N–H and O–H groups in total. The fourth-order valence-corrected chi connectivity index (χ4v) is 4.33. The van der Waals surface area contributed by atoms with Crippen molar-refractivity contribution in [1.29, 1.82) is 0 Å². The van der Waals surface area contributed by atoms with Crippen LogP contribution in [0.25, 0.3) is 0 Å². The van der Waals surface area contributed by atoms with Gasteiger partial charge in [-0.2, -0.15) is 0 Å². The lowest BCUT2D eigenvalue weighted by Gasteiger charge is -2.38. The summed E-state index contributed by atoms with van der Waals surface area (Å²) >= 11 is 0. The molecule has 2 aliphatic rings. The van der Waals surface area contributed by atoms with E-state index >= 15 is 0 Å². The largest absolute Gasteiger partial charge is 0.391 e. The molecule has 0 aliphatic carbocycles. The Kier molecular flexibility index (Phi) is 4.78. The Hall–Kier alpha value is -1.82. The number of hydrogen-bond donors (Lipinski definition) is 1. The number of aliphatic hydroxyl groups is 1. The number of piperidine rings is 1. The molecule has 0 aromatic heterocycles. The number of rotatable bonds is 4. The second-order valence-electron chi connectivity index (χ2n) is 7.40. The second-order valence-corrected chi connectivity index (χ2v) is 7.40. The van der Waals surface area contributed by atoms with Crippen LogP contribution < -0.4 is 0 Å². The summed E-state index contributed by atoms with van der Waals surface area (Å²) in [4.78, 5) is 2.25. The summed E-state index contributed by atoms with van der Waals surface area (Å²) in [7, 11) is 2.05. The van der Waals surface area contributed by atoms with Gasteiger partial charge in [-0.15, -0.1) is 0 Å². The molecule has 0 spiro atoms. The van der Waals surface area contributed by atoms with Gasteiger partial charge in [0.2, 0.25) is 0 Å². The average Bonchev–Trinajstić information content (AvgIpc) is 2.79. The van der Waals surface area contributed by atoms with E-state index in [2.05, 4.69) is 11.9 Å². The molecule has 2 saturated heterocycles. The molecule has 0 unspecified atom stereocenters. The van der Waals surface area contributed by atoms with Gasteiger partial charge in [0.25, 0.3) is 0 Å². The zero-order valence-corrected chi connectivity index (χ0v) is 14.7. The van der Waals surface area contributed by atoms with E-state index in [0.29, 0.717) is 6.04 Å². The second kappa shape index (κ2) is 7.06. The maximum absolute atomic E-state index is 13.3. The van der Waals surface area contributed by atoms with Crippen LogP contribution in [-0.4, -0.2) is 41.3 Å². The Balaban J connectivity index is 1.59. The van der Waals surface area contributed by atoms with Crippen molar-refractivity contribution in [2.24, 2.45) is 0 Å². The van der Waals surface area contributed by atoms with Gasteiger partial charge in [0.1, 0.15) is 17.7 Å². The van der Waals surface area contributed by atoms with Crippen molar-refractivity contribution < 1.29 is 18.6 Å². The topological polar surface area (TPSA) is 32.7 Å². The van der Waals surface area contributed by atoms with Gasteiger partial charge in [0.15, 0.2) is 0 Å². The first-order valence-electron chi connectivity index (χ1n) is 9.07. The summed E-state index contributed by atoms with van der Waals surface area (Å²) in [5.74, 6) is -0.598. The molecule has 0 amide bonds. The molecular formula is C21H23F2NO2. The first-order valence-corrected chi connectivity index (χ1v) is 9.07. The van der Waals surface area contributed by atoms with Crippen molar-refractivity contribution in [3.8, 4) is 0 Å². The van der Waals surface area contributed by atoms with Gasteiger partial charge in [-0.25, -0.2) is 8.78 Å². The number of ether oxygens (including phenoxy) is 1. The lowest BCUT2D eigenvalue weighted by Crippen LogP contribution is -2.45. The smallest absolute Gasteiger partial charge is 0.123 e. The normalized spacial score (nSPS) is 28.7.